The molecule has 1 atom stereocenters. The molecule has 116 valence electrons. The zero-order valence-electron chi connectivity index (χ0n) is 13.2. The van der Waals surface area contributed by atoms with Gasteiger partial charge in [-0.15, -0.1) is 0 Å². The van der Waals surface area contributed by atoms with E-state index in [-0.39, 0.29) is 12.1 Å². The number of carbonyl (C=O) groups excluding carboxylic acids is 1. The van der Waals surface area contributed by atoms with Crippen LogP contribution in [0.1, 0.15) is 90.4 Å². The number of hydrogen-bond acceptors (Lipinski definition) is 2. The van der Waals surface area contributed by atoms with Crippen LogP contribution in [0.5, 0.6) is 0 Å². The number of hydrogen-bond donors (Lipinski definition) is 0. The van der Waals surface area contributed by atoms with Crippen LogP contribution in [-0.2, 0) is 9.53 Å². The first kappa shape index (κ1) is 17.3. The molecule has 0 bridgehead atoms. The van der Waals surface area contributed by atoms with Crippen LogP contribution in [0.3, 0.4) is 0 Å². The summed E-state index contributed by atoms with van der Waals surface area (Å²) in [4.78, 5) is 11.6. The van der Waals surface area contributed by atoms with Crippen LogP contribution in [0.4, 0.5) is 0 Å². The van der Waals surface area contributed by atoms with E-state index in [1.165, 1.54) is 51.4 Å². The minimum Gasteiger partial charge on any atom is -0.463 e. The summed E-state index contributed by atoms with van der Waals surface area (Å²) in [6.07, 6.45) is 19.9. The Balaban J connectivity index is 2.25. The van der Waals surface area contributed by atoms with Gasteiger partial charge in [0.25, 0.3) is 0 Å². The number of ether oxygens (including phenoxy) is 1. The maximum absolute atomic E-state index is 11.6. The van der Waals surface area contributed by atoms with Crippen LogP contribution in [0.15, 0.2) is 12.2 Å². The van der Waals surface area contributed by atoms with Crippen molar-refractivity contribution in [2.75, 3.05) is 0 Å². The molecule has 1 unspecified atom stereocenters. The third-order valence-corrected chi connectivity index (χ3v) is 3.98. The van der Waals surface area contributed by atoms with Gasteiger partial charge >= 0.3 is 5.97 Å². The van der Waals surface area contributed by atoms with Crippen molar-refractivity contribution in [3.8, 4) is 0 Å². The van der Waals surface area contributed by atoms with E-state index in [1.54, 1.807) is 0 Å². The highest BCUT2D eigenvalue weighted by molar-refractivity contribution is 5.69. The molecule has 0 aliphatic carbocycles. The number of carbonyl (C=O) groups is 1. The van der Waals surface area contributed by atoms with Gasteiger partial charge in [-0.2, -0.15) is 0 Å². The molecule has 20 heavy (non-hydrogen) atoms. The molecule has 1 heterocycles. The number of allylic oxidation sites excluding steroid dienone is 2. The summed E-state index contributed by atoms with van der Waals surface area (Å²) in [6, 6.07) is 0. The molecule has 1 aliphatic heterocycles. The minimum absolute atomic E-state index is 0.0115. The number of esters is 1. The smallest absolute Gasteiger partial charge is 0.306 e. The Morgan fingerprint density at radius 1 is 0.850 bits per heavy atom. The summed E-state index contributed by atoms with van der Waals surface area (Å²) < 4.78 is 5.44. The first-order valence-electron chi connectivity index (χ1n) is 8.63. The lowest BCUT2D eigenvalue weighted by molar-refractivity contribution is -0.148. The second kappa shape index (κ2) is 12.0. The van der Waals surface area contributed by atoms with Crippen LogP contribution in [0.25, 0.3) is 0 Å². The Kier molecular flexibility index (Phi) is 10.3. The summed E-state index contributed by atoms with van der Waals surface area (Å²) in [5.74, 6) is -0.0115. The molecule has 0 aromatic heterocycles. The first-order valence-corrected chi connectivity index (χ1v) is 8.63. The molecule has 0 aromatic rings. The van der Waals surface area contributed by atoms with Gasteiger partial charge in [0.15, 0.2) is 0 Å². The lowest BCUT2D eigenvalue weighted by atomic mass is 10.1. The van der Waals surface area contributed by atoms with E-state index in [4.69, 9.17) is 4.74 Å². The Hall–Kier alpha value is -0.790. The lowest BCUT2D eigenvalue weighted by Gasteiger charge is -2.13. The van der Waals surface area contributed by atoms with Crippen molar-refractivity contribution in [3.63, 3.8) is 0 Å². The highest BCUT2D eigenvalue weighted by Gasteiger charge is 2.08. The topological polar surface area (TPSA) is 26.3 Å². The molecule has 0 amide bonds. The molecule has 2 heteroatoms. The molecule has 0 fully saturated rings. The van der Waals surface area contributed by atoms with Crippen LogP contribution in [-0.4, -0.2) is 12.1 Å². The van der Waals surface area contributed by atoms with Crippen molar-refractivity contribution in [1.29, 1.82) is 0 Å². The van der Waals surface area contributed by atoms with Crippen LogP contribution < -0.4 is 0 Å². The SMILES string of the molecule is CC1CCCCCCCCC/C=C/CCCCC(=O)O1. The third kappa shape index (κ3) is 10.1. The molecule has 0 aromatic carbocycles. The number of rotatable bonds is 0. The average Bonchev–Trinajstić information content (AvgIpc) is 2.42. The van der Waals surface area contributed by atoms with Crippen LogP contribution >= 0.6 is 0 Å². The Morgan fingerprint density at radius 2 is 1.40 bits per heavy atom. The van der Waals surface area contributed by atoms with Crippen molar-refractivity contribution in [1.82, 2.24) is 0 Å². The van der Waals surface area contributed by atoms with Crippen molar-refractivity contribution in [3.05, 3.63) is 12.2 Å². The Bertz CT molecular complexity index is 271. The molecular formula is C18H32O2. The fraction of sp³-hybridized carbons (Fsp3) is 0.833. The van der Waals surface area contributed by atoms with Crippen LogP contribution in [0, 0.1) is 0 Å². The molecule has 0 radical (unpaired) electrons. The predicted molar refractivity (Wildman–Crippen MR) is 84.7 cm³/mol. The Labute approximate surface area is 125 Å². The van der Waals surface area contributed by atoms with Crippen molar-refractivity contribution in [2.24, 2.45) is 0 Å². The van der Waals surface area contributed by atoms with E-state index in [0.717, 1.165) is 25.7 Å². The molecule has 0 saturated carbocycles. The van der Waals surface area contributed by atoms with E-state index in [9.17, 15) is 4.79 Å². The third-order valence-electron chi connectivity index (χ3n) is 3.98. The quantitative estimate of drug-likeness (QED) is 0.429. The standard InChI is InChI=1S/C18H32O2/c1-17-15-13-11-9-7-5-3-2-4-6-8-10-12-14-16-18(19)20-17/h6,8,17H,2-5,7,9-16H2,1H3/b8-6+. The minimum atomic E-state index is -0.0115. The van der Waals surface area contributed by atoms with Crippen molar-refractivity contribution >= 4 is 5.97 Å². The summed E-state index contributed by atoms with van der Waals surface area (Å²) in [7, 11) is 0. The van der Waals surface area contributed by atoms with Crippen molar-refractivity contribution in [2.45, 2.75) is 96.5 Å². The predicted octanol–water partition coefficient (Wildman–Crippen LogP) is 5.56. The summed E-state index contributed by atoms with van der Waals surface area (Å²) in [6.45, 7) is 2.03. The largest absolute Gasteiger partial charge is 0.463 e. The maximum atomic E-state index is 11.6. The normalized spacial score (nSPS) is 27.1. The fourth-order valence-electron chi connectivity index (χ4n) is 2.69. The monoisotopic (exact) mass is 280 g/mol. The zero-order chi connectivity index (χ0) is 14.5. The Morgan fingerprint density at radius 3 is 2.10 bits per heavy atom. The molecule has 1 aliphatic rings. The lowest BCUT2D eigenvalue weighted by Crippen LogP contribution is -2.14. The summed E-state index contributed by atoms with van der Waals surface area (Å²) in [5.41, 5.74) is 0. The van der Waals surface area contributed by atoms with Gasteiger partial charge < -0.3 is 4.74 Å². The first-order chi connectivity index (χ1) is 9.79. The van der Waals surface area contributed by atoms with Gasteiger partial charge in [0.1, 0.15) is 0 Å². The summed E-state index contributed by atoms with van der Waals surface area (Å²) >= 11 is 0. The zero-order valence-corrected chi connectivity index (χ0v) is 13.2. The molecule has 0 spiro atoms. The van der Waals surface area contributed by atoms with E-state index < -0.39 is 0 Å². The van der Waals surface area contributed by atoms with Gasteiger partial charge in [-0.05, 0) is 51.9 Å². The number of cyclic esters (lactones) is 1. The van der Waals surface area contributed by atoms with E-state index in [0.29, 0.717) is 6.42 Å². The van der Waals surface area contributed by atoms with E-state index in [2.05, 4.69) is 12.2 Å². The van der Waals surface area contributed by atoms with Gasteiger partial charge in [0.05, 0.1) is 6.10 Å². The molecule has 2 nitrogen and oxygen atoms in total. The van der Waals surface area contributed by atoms with Gasteiger partial charge in [-0.3, -0.25) is 4.79 Å². The van der Waals surface area contributed by atoms with Gasteiger partial charge in [-0.1, -0.05) is 44.3 Å². The maximum Gasteiger partial charge on any atom is 0.306 e. The molecular weight excluding hydrogens is 248 g/mol. The average molecular weight is 280 g/mol. The van der Waals surface area contributed by atoms with Crippen LogP contribution in [0.2, 0.25) is 0 Å². The highest BCUT2D eigenvalue weighted by atomic mass is 16.5. The van der Waals surface area contributed by atoms with Gasteiger partial charge in [0, 0.05) is 6.42 Å². The summed E-state index contributed by atoms with van der Waals surface area (Å²) in [5, 5.41) is 0. The second-order valence-electron chi connectivity index (χ2n) is 6.07. The van der Waals surface area contributed by atoms with Crippen molar-refractivity contribution < 1.29 is 9.53 Å². The second-order valence-corrected chi connectivity index (χ2v) is 6.07. The van der Waals surface area contributed by atoms with E-state index in [1.807, 2.05) is 6.92 Å². The van der Waals surface area contributed by atoms with E-state index >= 15 is 0 Å². The molecule has 0 saturated heterocycles. The molecule has 0 N–H and O–H groups in total. The van der Waals surface area contributed by atoms with Gasteiger partial charge in [-0.25, -0.2) is 0 Å². The molecule has 1 rings (SSSR count). The fourth-order valence-corrected chi connectivity index (χ4v) is 2.69. The highest BCUT2D eigenvalue weighted by Crippen LogP contribution is 2.13. The van der Waals surface area contributed by atoms with Gasteiger partial charge in [0.2, 0.25) is 0 Å².